The van der Waals surface area contributed by atoms with Gasteiger partial charge in [0.1, 0.15) is 22.8 Å². The lowest BCUT2D eigenvalue weighted by Gasteiger charge is -2.24. The molecule has 2 aromatic rings. The highest BCUT2D eigenvalue weighted by atomic mass is 16.5. The van der Waals surface area contributed by atoms with Crippen LogP contribution in [0.3, 0.4) is 0 Å². The van der Waals surface area contributed by atoms with Gasteiger partial charge in [0, 0.05) is 6.54 Å². The minimum Gasteiger partial charge on any atom is -0.497 e. The third-order valence-corrected chi connectivity index (χ3v) is 3.36. The summed E-state index contributed by atoms with van der Waals surface area (Å²) >= 11 is 0. The molecule has 0 saturated carbocycles. The van der Waals surface area contributed by atoms with Crippen LogP contribution in [0.1, 0.15) is 19.5 Å². The summed E-state index contributed by atoms with van der Waals surface area (Å²) in [6.07, 6.45) is 1.94. The fourth-order valence-corrected chi connectivity index (χ4v) is 1.98. The van der Waals surface area contributed by atoms with Gasteiger partial charge in [-0.05, 0) is 52.2 Å². The Labute approximate surface area is 131 Å². The molecular formula is C16H24N4O2. The molecule has 0 spiro atoms. The van der Waals surface area contributed by atoms with Gasteiger partial charge in [-0.3, -0.25) is 4.68 Å². The summed E-state index contributed by atoms with van der Waals surface area (Å²) in [6.45, 7) is 5.69. The molecule has 2 rings (SSSR count). The van der Waals surface area contributed by atoms with Crippen LogP contribution in [0.15, 0.2) is 30.5 Å². The van der Waals surface area contributed by atoms with Crippen LogP contribution >= 0.6 is 0 Å². The fraction of sp³-hybridized carbons (Fsp3) is 0.500. The van der Waals surface area contributed by atoms with Gasteiger partial charge in [-0.2, -0.15) is 0 Å². The minimum atomic E-state index is -0.551. The van der Waals surface area contributed by atoms with Crippen molar-refractivity contribution in [1.29, 1.82) is 0 Å². The molecule has 6 heteroatoms. The standard InChI is InChI=1S/C16H24N4O2/c1-16(2,22-14-8-6-13(21-5)7-9-14)15-12-20(18-17-15)11-10-19(3)4/h6-9,12H,10-11H2,1-5H3. The van der Waals surface area contributed by atoms with Crippen LogP contribution in [-0.4, -0.2) is 47.6 Å². The van der Waals surface area contributed by atoms with Crippen LogP contribution in [-0.2, 0) is 12.1 Å². The average Bonchev–Trinajstić information content (AvgIpc) is 2.95. The van der Waals surface area contributed by atoms with Gasteiger partial charge in [0.2, 0.25) is 0 Å². The van der Waals surface area contributed by atoms with Crippen molar-refractivity contribution in [1.82, 2.24) is 19.9 Å². The predicted octanol–water partition coefficient (Wildman–Crippen LogP) is 2.16. The number of rotatable bonds is 7. The Bertz CT molecular complexity index is 590. The zero-order valence-electron chi connectivity index (χ0n) is 13.9. The molecule has 0 aliphatic carbocycles. The molecule has 0 atom stereocenters. The smallest absolute Gasteiger partial charge is 0.149 e. The minimum absolute atomic E-state index is 0.551. The number of likely N-dealkylation sites (N-methyl/N-ethyl adjacent to an activating group) is 1. The van der Waals surface area contributed by atoms with Crippen LogP contribution in [0.25, 0.3) is 0 Å². The number of hydrogen-bond donors (Lipinski definition) is 0. The predicted molar refractivity (Wildman–Crippen MR) is 85.2 cm³/mol. The lowest BCUT2D eigenvalue weighted by Crippen LogP contribution is -2.26. The highest BCUT2D eigenvalue weighted by molar-refractivity contribution is 5.32. The summed E-state index contributed by atoms with van der Waals surface area (Å²) in [4.78, 5) is 2.11. The molecule has 22 heavy (non-hydrogen) atoms. The Balaban J connectivity index is 2.05. The maximum Gasteiger partial charge on any atom is 0.149 e. The lowest BCUT2D eigenvalue weighted by atomic mass is 10.1. The van der Waals surface area contributed by atoms with E-state index in [9.17, 15) is 0 Å². The van der Waals surface area contributed by atoms with Gasteiger partial charge >= 0.3 is 0 Å². The number of methoxy groups -OCH3 is 1. The number of ether oxygens (including phenoxy) is 2. The van der Waals surface area contributed by atoms with Crippen molar-refractivity contribution in [3.8, 4) is 11.5 Å². The van der Waals surface area contributed by atoms with Gasteiger partial charge in [-0.15, -0.1) is 5.10 Å². The SMILES string of the molecule is COc1ccc(OC(C)(C)c2cn(CCN(C)C)nn2)cc1. The van der Waals surface area contributed by atoms with E-state index in [0.29, 0.717) is 0 Å². The van der Waals surface area contributed by atoms with Gasteiger partial charge in [0.05, 0.1) is 19.9 Å². The van der Waals surface area contributed by atoms with Gasteiger partial charge < -0.3 is 14.4 Å². The molecule has 0 bridgehead atoms. The summed E-state index contributed by atoms with van der Waals surface area (Å²) in [7, 11) is 5.72. The second kappa shape index (κ2) is 6.79. The molecule has 0 fully saturated rings. The van der Waals surface area contributed by atoms with Crippen molar-refractivity contribution < 1.29 is 9.47 Å². The first-order chi connectivity index (χ1) is 10.4. The van der Waals surface area contributed by atoms with Crippen LogP contribution < -0.4 is 9.47 Å². The molecule has 120 valence electrons. The molecule has 1 heterocycles. The molecule has 6 nitrogen and oxygen atoms in total. The maximum atomic E-state index is 6.04. The van der Waals surface area contributed by atoms with E-state index in [1.54, 1.807) is 7.11 Å². The normalized spacial score (nSPS) is 11.7. The van der Waals surface area contributed by atoms with E-state index in [1.165, 1.54) is 0 Å². The van der Waals surface area contributed by atoms with Crippen molar-refractivity contribution in [3.63, 3.8) is 0 Å². The highest BCUT2D eigenvalue weighted by Gasteiger charge is 2.26. The number of aromatic nitrogens is 3. The second-order valence-corrected chi connectivity index (χ2v) is 5.96. The summed E-state index contributed by atoms with van der Waals surface area (Å²) < 4.78 is 13.0. The quantitative estimate of drug-likeness (QED) is 0.784. The Kier molecular flexibility index (Phi) is 5.03. The molecule has 0 radical (unpaired) electrons. The van der Waals surface area contributed by atoms with E-state index in [0.717, 1.165) is 30.3 Å². The average molecular weight is 304 g/mol. The van der Waals surface area contributed by atoms with Crippen molar-refractivity contribution in [2.45, 2.75) is 26.0 Å². The molecule has 0 saturated heterocycles. The van der Waals surface area contributed by atoms with E-state index < -0.39 is 5.60 Å². The first-order valence-electron chi connectivity index (χ1n) is 7.29. The summed E-state index contributed by atoms with van der Waals surface area (Å²) in [5, 5.41) is 8.40. The summed E-state index contributed by atoms with van der Waals surface area (Å²) in [5.41, 5.74) is 0.257. The summed E-state index contributed by atoms with van der Waals surface area (Å²) in [5.74, 6) is 1.58. The van der Waals surface area contributed by atoms with Crippen molar-refractivity contribution >= 4 is 0 Å². The maximum absolute atomic E-state index is 6.04. The molecule has 0 unspecified atom stereocenters. The highest BCUT2D eigenvalue weighted by Crippen LogP contribution is 2.27. The third-order valence-electron chi connectivity index (χ3n) is 3.36. The van der Waals surface area contributed by atoms with E-state index in [4.69, 9.17) is 9.47 Å². The van der Waals surface area contributed by atoms with Crippen LogP contribution in [0.2, 0.25) is 0 Å². The molecule has 1 aromatic heterocycles. The van der Waals surface area contributed by atoms with Crippen molar-refractivity contribution in [2.75, 3.05) is 27.7 Å². The van der Waals surface area contributed by atoms with Crippen molar-refractivity contribution in [2.24, 2.45) is 0 Å². The van der Waals surface area contributed by atoms with Gasteiger partial charge in [0.15, 0.2) is 0 Å². The monoisotopic (exact) mass is 304 g/mol. The molecule has 0 N–H and O–H groups in total. The van der Waals surface area contributed by atoms with E-state index in [1.807, 2.05) is 63.1 Å². The Morgan fingerprint density at radius 1 is 1.14 bits per heavy atom. The zero-order valence-corrected chi connectivity index (χ0v) is 13.9. The Morgan fingerprint density at radius 3 is 2.36 bits per heavy atom. The first-order valence-corrected chi connectivity index (χ1v) is 7.29. The topological polar surface area (TPSA) is 52.4 Å². The number of nitrogens with zero attached hydrogens (tertiary/aromatic N) is 4. The third kappa shape index (κ3) is 4.21. The molecule has 0 aliphatic heterocycles. The first kappa shape index (κ1) is 16.3. The van der Waals surface area contributed by atoms with E-state index in [2.05, 4.69) is 15.2 Å². The van der Waals surface area contributed by atoms with Crippen LogP contribution in [0.4, 0.5) is 0 Å². The van der Waals surface area contributed by atoms with Crippen LogP contribution in [0, 0.1) is 0 Å². The molecule has 0 aliphatic rings. The zero-order chi connectivity index (χ0) is 16.2. The van der Waals surface area contributed by atoms with Crippen LogP contribution in [0.5, 0.6) is 11.5 Å². The molecule has 1 aromatic carbocycles. The Hall–Kier alpha value is -2.08. The fourth-order valence-electron chi connectivity index (χ4n) is 1.98. The Morgan fingerprint density at radius 2 is 1.77 bits per heavy atom. The van der Waals surface area contributed by atoms with E-state index in [-0.39, 0.29) is 0 Å². The number of hydrogen-bond acceptors (Lipinski definition) is 5. The lowest BCUT2D eigenvalue weighted by molar-refractivity contribution is 0.103. The molecule has 0 amide bonds. The second-order valence-electron chi connectivity index (χ2n) is 5.96. The van der Waals surface area contributed by atoms with Crippen molar-refractivity contribution in [3.05, 3.63) is 36.2 Å². The summed E-state index contributed by atoms with van der Waals surface area (Å²) in [6, 6.07) is 7.52. The largest absolute Gasteiger partial charge is 0.497 e. The van der Waals surface area contributed by atoms with Gasteiger partial charge in [-0.1, -0.05) is 5.21 Å². The van der Waals surface area contributed by atoms with E-state index >= 15 is 0 Å². The molecular weight excluding hydrogens is 280 g/mol. The number of benzene rings is 1. The van der Waals surface area contributed by atoms with Gasteiger partial charge in [0.25, 0.3) is 0 Å². The van der Waals surface area contributed by atoms with Gasteiger partial charge in [-0.25, -0.2) is 0 Å².